The second-order valence-electron chi connectivity index (χ2n) is 6.85. The maximum atomic E-state index is 12.1. The number of carbonyl (C=O) groups is 1. The van der Waals surface area contributed by atoms with Crippen molar-refractivity contribution in [1.29, 1.82) is 0 Å². The molecule has 136 valence electrons. The first-order valence-electron chi connectivity index (χ1n) is 9.18. The summed E-state index contributed by atoms with van der Waals surface area (Å²) in [5.41, 5.74) is 1.80. The van der Waals surface area contributed by atoms with Crippen molar-refractivity contribution >= 4 is 6.03 Å². The molecule has 3 unspecified atom stereocenters. The van der Waals surface area contributed by atoms with Crippen LogP contribution in [0.5, 0.6) is 0 Å². The Balaban J connectivity index is 1.72. The van der Waals surface area contributed by atoms with Crippen LogP contribution in [0.1, 0.15) is 74.9 Å². The minimum absolute atomic E-state index is 0.0867. The molecule has 3 N–H and O–H groups in total. The van der Waals surface area contributed by atoms with Crippen LogP contribution in [0.25, 0.3) is 0 Å². The highest BCUT2D eigenvalue weighted by atomic mass is 16.5. The van der Waals surface area contributed by atoms with Crippen molar-refractivity contribution in [2.45, 2.75) is 77.9 Å². The number of aryl methyl sites for hydroxylation is 2. The molecule has 0 saturated heterocycles. The van der Waals surface area contributed by atoms with Gasteiger partial charge >= 0.3 is 6.03 Å². The molecule has 1 fully saturated rings. The Hall–Kier alpha value is -1.56. The van der Waals surface area contributed by atoms with Gasteiger partial charge in [0.05, 0.1) is 17.8 Å². The largest absolute Gasteiger partial charge is 0.393 e. The summed E-state index contributed by atoms with van der Waals surface area (Å²) in [4.78, 5) is 12.1. The molecular weight excluding hydrogens is 306 g/mol. The van der Waals surface area contributed by atoms with Crippen LogP contribution in [0, 0.1) is 19.8 Å². The molecule has 1 saturated carbocycles. The third-order valence-corrected chi connectivity index (χ3v) is 5.06. The Labute approximate surface area is 144 Å². The Bertz CT molecular complexity index is 510. The summed E-state index contributed by atoms with van der Waals surface area (Å²) in [7, 11) is 0. The molecule has 0 spiro atoms. The van der Waals surface area contributed by atoms with Crippen LogP contribution in [0.4, 0.5) is 4.79 Å². The molecule has 1 aromatic heterocycles. The predicted molar refractivity (Wildman–Crippen MR) is 92.7 cm³/mol. The first kappa shape index (κ1) is 18.8. The van der Waals surface area contributed by atoms with Gasteiger partial charge < -0.3 is 20.3 Å². The van der Waals surface area contributed by atoms with Gasteiger partial charge in [0.1, 0.15) is 5.76 Å². The number of aliphatic hydroxyl groups is 1. The lowest BCUT2D eigenvalue weighted by Gasteiger charge is -2.27. The molecule has 3 atom stereocenters. The topological polar surface area (TPSA) is 87.4 Å². The Kier molecular flexibility index (Phi) is 7.09. The first-order valence-corrected chi connectivity index (χ1v) is 9.18. The van der Waals surface area contributed by atoms with E-state index in [9.17, 15) is 9.90 Å². The van der Waals surface area contributed by atoms with Gasteiger partial charge in [-0.3, -0.25) is 0 Å². The second kappa shape index (κ2) is 9.06. The average Bonchev–Trinajstić information content (AvgIpc) is 2.90. The lowest BCUT2D eigenvalue weighted by Crippen LogP contribution is -2.38. The van der Waals surface area contributed by atoms with Crippen LogP contribution in [0.15, 0.2) is 4.52 Å². The van der Waals surface area contributed by atoms with E-state index in [2.05, 4.69) is 15.8 Å². The standard InChI is InChI=1S/C18H31N3O3/c1-4-15(17-12(2)21-24-13(17)3)20-18(23)19-11-7-9-14-8-5-6-10-16(14)22/h14-16,22H,4-11H2,1-3H3,(H2,19,20,23). The van der Waals surface area contributed by atoms with Gasteiger partial charge in [-0.05, 0) is 51.9 Å². The van der Waals surface area contributed by atoms with Crippen LogP contribution in [-0.2, 0) is 0 Å². The summed E-state index contributed by atoms with van der Waals surface area (Å²) in [5, 5.41) is 19.8. The predicted octanol–water partition coefficient (Wildman–Crippen LogP) is 3.37. The van der Waals surface area contributed by atoms with E-state index >= 15 is 0 Å². The van der Waals surface area contributed by atoms with Crippen LogP contribution < -0.4 is 10.6 Å². The number of nitrogens with one attached hydrogen (secondary N) is 2. The van der Waals surface area contributed by atoms with E-state index in [-0.39, 0.29) is 18.2 Å². The highest BCUT2D eigenvalue weighted by molar-refractivity contribution is 5.74. The van der Waals surface area contributed by atoms with Gasteiger partial charge in [0.2, 0.25) is 0 Å². The van der Waals surface area contributed by atoms with E-state index < -0.39 is 0 Å². The summed E-state index contributed by atoms with van der Waals surface area (Å²) >= 11 is 0. The summed E-state index contributed by atoms with van der Waals surface area (Å²) < 4.78 is 5.19. The number of aliphatic hydroxyl groups excluding tert-OH is 1. The third kappa shape index (κ3) is 4.97. The Morgan fingerprint density at radius 2 is 2.12 bits per heavy atom. The summed E-state index contributed by atoms with van der Waals surface area (Å²) in [6, 6.07) is -0.248. The van der Waals surface area contributed by atoms with Crippen molar-refractivity contribution in [2.24, 2.45) is 5.92 Å². The van der Waals surface area contributed by atoms with Gasteiger partial charge in [0.25, 0.3) is 0 Å². The fourth-order valence-electron chi connectivity index (χ4n) is 3.67. The van der Waals surface area contributed by atoms with Crippen molar-refractivity contribution in [3.63, 3.8) is 0 Å². The molecule has 1 heterocycles. The number of nitrogens with zero attached hydrogens (tertiary/aromatic N) is 1. The second-order valence-corrected chi connectivity index (χ2v) is 6.85. The minimum atomic E-state index is -0.161. The smallest absolute Gasteiger partial charge is 0.315 e. The number of hydrogen-bond acceptors (Lipinski definition) is 4. The molecule has 6 nitrogen and oxygen atoms in total. The van der Waals surface area contributed by atoms with E-state index in [1.165, 1.54) is 6.42 Å². The Morgan fingerprint density at radius 1 is 1.38 bits per heavy atom. The summed E-state index contributed by atoms with van der Waals surface area (Å²) in [6.07, 6.45) is 6.89. The van der Waals surface area contributed by atoms with Gasteiger partial charge in [0, 0.05) is 12.1 Å². The normalized spacial score (nSPS) is 22.2. The average molecular weight is 337 g/mol. The van der Waals surface area contributed by atoms with Crippen molar-refractivity contribution in [2.75, 3.05) is 6.54 Å². The van der Waals surface area contributed by atoms with E-state index in [0.717, 1.165) is 55.5 Å². The van der Waals surface area contributed by atoms with E-state index in [0.29, 0.717) is 12.5 Å². The molecule has 0 aliphatic heterocycles. The first-order chi connectivity index (χ1) is 11.5. The summed E-state index contributed by atoms with van der Waals surface area (Å²) in [6.45, 7) is 6.42. The highest BCUT2D eigenvalue weighted by Gasteiger charge is 2.23. The van der Waals surface area contributed by atoms with Crippen LogP contribution in [0.3, 0.4) is 0 Å². The zero-order valence-corrected chi connectivity index (χ0v) is 15.1. The van der Waals surface area contributed by atoms with Gasteiger partial charge in [-0.2, -0.15) is 0 Å². The highest BCUT2D eigenvalue weighted by Crippen LogP contribution is 2.27. The molecule has 2 amide bonds. The molecule has 24 heavy (non-hydrogen) atoms. The van der Waals surface area contributed by atoms with Crippen molar-refractivity contribution in [1.82, 2.24) is 15.8 Å². The summed E-state index contributed by atoms with van der Waals surface area (Å²) in [5.74, 6) is 1.15. The zero-order valence-electron chi connectivity index (χ0n) is 15.1. The van der Waals surface area contributed by atoms with E-state index in [1.807, 2.05) is 20.8 Å². The lowest BCUT2D eigenvalue weighted by molar-refractivity contribution is 0.0644. The molecular formula is C18H31N3O3. The molecule has 0 radical (unpaired) electrons. The van der Waals surface area contributed by atoms with E-state index in [4.69, 9.17) is 4.52 Å². The molecule has 1 aromatic rings. The van der Waals surface area contributed by atoms with Gasteiger partial charge in [-0.15, -0.1) is 0 Å². The number of hydrogen-bond donors (Lipinski definition) is 3. The van der Waals surface area contributed by atoms with Gasteiger partial charge in [-0.25, -0.2) is 4.79 Å². The maximum absolute atomic E-state index is 12.1. The Morgan fingerprint density at radius 3 is 2.75 bits per heavy atom. The van der Waals surface area contributed by atoms with Gasteiger partial charge in [-0.1, -0.05) is 24.9 Å². The quantitative estimate of drug-likeness (QED) is 0.666. The van der Waals surface area contributed by atoms with Crippen molar-refractivity contribution < 1.29 is 14.4 Å². The lowest BCUT2D eigenvalue weighted by atomic mass is 9.83. The number of carbonyl (C=O) groups excluding carboxylic acids is 1. The molecule has 0 aromatic carbocycles. The fraction of sp³-hybridized carbons (Fsp3) is 0.778. The monoisotopic (exact) mass is 337 g/mol. The van der Waals surface area contributed by atoms with Gasteiger partial charge in [0.15, 0.2) is 0 Å². The maximum Gasteiger partial charge on any atom is 0.315 e. The molecule has 6 heteroatoms. The number of aromatic nitrogens is 1. The van der Waals surface area contributed by atoms with Crippen LogP contribution >= 0.6 is 0 Å². The van der Waals surface area contributed by atoms with Crippen LogP contribution in [-0.4, -0.2) is 28.9 Å². The van der Waals surface area contributed by atoms with Crippen molar-refractivity contribution in [3.8, 4) is 0 Å². The van der Waals surface area contributed by atoms with E-state index in [1.54, 1.807) is 0 Å². The minimum Gasteiger partial charge on any atom is -0.393 e. The molecule has 1 aliphatic carbocycles. The number of amides is 2. The molecule has 0 bridgehead atoms. The number of rotatable bonds is 7. The molecule has 1 aliphatic rings. The third-order valence-electron chi connectivity index (χ3n) is 5.06. The zero-order chi connectivity index (χ0) is 17.5. The fourth-order valence-corrected chi connectivity index (χ4v) is 3.67. The van der Waals surface area contributed by atoms with Crippen LogP contribution in [0.2, 0.25) is 0 Å². The van der Waals surface area contributed by atoms with Crippen molar-refractivity contribution in [3.05, 3.63) is 17.0 Å². The molecule has 2 rings (SSSR count). The number of urea groups is 1. The SMILES string of the molecule is CCC(NC(=O)NCCCC1CCCCC1O)c1c(C)noc1C.